The number of amides is 1. The van der Waals surface area contributed by atoms with Gasteiger partial charge in [0, 0.05) is 16.3 Å². The van der Waals surface area contributed by atoms with Crippen LogP contribution in [0.15, 0.2) is 70.4 Å². The van der Waals surface area contributed by atoms with Crippen molar-refractivity contribution in [3.8, 4) is 11.8 Å². The summed E-state index contributed by atoms with van der Waals surface area (Å²) < 4.78 is 10.1. The first-order valence-corrected chi connectivity index (χ1v) is 11.3. The highest BCUT2D eigenvalue weighted by atomic mass is 35.5. The zero-order chi connectivity index (χ0) is 24.0. The minimum Gasteiger partial charge on any atom is -0.495 e. The first kappa shape index (κ1) is 24.2. The Morgan fingerprint density at radius 2 is 1.88 bits per heavy atom. The van der Waals surface area contributed by atoms with Crippen molar-refractivity contribution in [2.75, 3.05) is 25.3 Å². The minimum atomic E-state index is -0.736. The molecule has 170 valence electrons. The van der Waals surface area contributed by atoms with Gasteiger partial charge in [-0.25, -0.2) is 0 Å². The Kier molecular flexibility index (Phi) is 8.04. The Labute approximate surface area is 201 Å². The molecule has 2 N–H and O–H groups in total. The topological polar surface area (TPSA) is 100 Å². The van der Waals surface area contributed by atoms with Crippen LogP contribution < -0.4 is 15.4 Å². The average molecular weight is 484 g/mol. The lowest BCUT2D eigenvalue weighted by molar-refractivity contribution is -0.137. The molecule has 1 aliphatic heterocycles. The molecule has 0 saturated carbocycles. The Morgan fingerprint density at radius 1 is 1.18 bits per heavy atom. The van der Waals surface area contributed by atoms with Gasteiger partial charge in [-0.2, -0.15) is 5.26 Å². The molecule has 1 unspecified atom stereocenters. The largest absolute Gasteiger partial charge is 0.495 e. The fourth-order valence-electron chi connectivity index (χ4n) is 3.48. The quantitative estimate of drug-likeness (QED) is 0.555. The van der Waals surface area contributed by atoms with Crippen LogP contribution in [-0.4, -0.2) is 31.8 Å². The summed E-state index contributed by atoms with van der Waals surface area (Å²) in [4.78, 5) is 25.2. The van der Waals surface area contributed by atoms with E-state index >= 15 is 0 Å². The molecular weight excluding hydrogens is 462 g/mol. The predicted molar refractivity (Wildman–Crippen MR) is 129 cm³/mol. The summed E-state index contributed by atoms with van der Waals surface area (Å²) >= 11 is 7.63. The van der Waals surface area contributed by atoms with Crippen LogP contribution in [0.4, 0.5) is 5.69 Å². The number of dihydropyridines is 1. The van der Waals surface area contributed by atoms with Crippen molar-refractivity contribution in [3.05, 3.63) is 81.0 Å². The van der Waals surface area contributed by atoms with Crippen molar-refractivity contribution < 1.29 is 19.1 Å². The lowest BCUT2D eigenvalue weighted by Crippen LogP contribution is -2.31. The molecule has 0 radical (unpaired) electrons. The van der Waals surface area contributed by atoms with E-state index in [1.807, 2.05) is 0 Å². The van der Waals surface area contributed by atoms with Crippen molar-refractivity contribution in [2.24, 2.45) is 0 Å². The molecule has 0 fully saturated rings. The number of nitrogens with zero attached hydrogens (tertiary/aromatic N) is 1. The number of allylic oxidation sites excluding steroid dienone is 2. The normalized spacial score (nSPS) is 15.4. The number of esters is 1. The number of nitrogens with one attached hydrogen (secondary N) is 2. The Bertz CT molecular complexity index is 1190. The van der Waals surface area contributed by atoms with Gasteiger partial charge in [-0.1, -0.05) is 53.7 Å². The molecule has 1 aliphatic rings. The second-order valence-corrected chi connectivity index (χ2v) is 8.38. The molecule has 7 nitrogen and oxygen atoms in total. The molecule has 1 heterocycles. The number of ether oxygens (including phenoxy) is 2. The molecule has 2 aromatic carbocycles. The van der Waals surface area contributed by atoms with Crippen LogP contribution in [-0.2, 0) is 14.3 Å². The molecule has 0 aromatic heterocycles. The smallest absolute Gasteiger partial charge is 0.316 e. The monoisotopic (exact) mass is 483 g/mol. The summed E-state index contributed by atoms with van der Waals surface area (Å²) in [5, 5.41) is 17.0. The van der Waals surface area contributed by atoms with Crippen LogP contribution in [0.5, 0.6) is 5.75 Å². The zero-order valence-electron chi connectivity index (χ0n) is 18.3. The molecule has 1 atom stereocenters. The van der Waals surface area contributed by atoms with E-state index in [-0.39, 0.29) is 11.3 Å². The van der Waals surface area contributed by atoms with Gasteiger partial charge in [0.25, 0.3) is 5.91 Å². The first-order valence-electron chi connectivity index (χ1n) is 9.91. The highest BCUT2D eigenvalue weighted by Crippen LogP contribution is 2.43. The maximum atomic E-state index is 13.5. The molecular formula is C24H22ClN3O4S. The molecule has 9 heteroatoms. The number of hydrogen-bond acceptors (Lipinski definition) is 7. The maximum absolute atomic E-state index is 13.5. The van der Waals surface area contributed by atoms with Crippen LogP contribution >= 0.6 is 23.4 Å². The van der Waals surface area contributed by atoms with Crippen LogP contribution in [0.1, 0.15) is 18.4 Å². The predicted octanol–water partition coefficient (Wildman–Crippen LogP) is 4.59. The number of hydrogen-bond donors (Lipinski definition) is 2. The third kappa shape index (κ3) is 5.33. The summed E-state index contributed by atoms with van der Waals surface area (Å²) in [5.74, 6) is -1.05. The second-order valence-electron chi connectivity index (χ2n) is 6.99. The Morgan fingerprint density at radius 3 is 2.55 bits per heavy atom. The van der Waals surface area contributed by atoms with Gasteiger partial charge in [0.15, 0.2) is 0 Å². The van der Waals surface area contributed by atoms with Gasteiger partial charge < -0.3 is 20.1 Å². The lowest BCUT2D eigenvalue weighted by atomic mass is 9.82. The summed E-state index contributed by atoms with van der Waals surface area (Å²) in [6, 6.07) is 16.3. The van der Waals surface area contributed by atoms with E-state index in [9.17, 15) is 14.9 Å². The zero-order valence-corrected chi connectivity index (χ0v) is 19.8. The number of halogens is 1. The van der Waals surface area contributed by atoms with Crippen molar-refractivity contribution in [1.82, 2.24) is 5.32 Å². The molecule has 0 spiro atoms. The summed E-state index contributed by atoms with van der Waals surface area (Å²) in [7, 11) is 2.82. The second kappa shape index (κ2) is 10.9. The van der Waals surface area contributed by atoms with E-state index in [4.69, 9.17) is 21.1 Å². The first-order chi connectivity index (χ1) is 15.9. The molecule has 3 rings (SSSR count). The van der Waals surface area contributed by atoms with E-state index in [0.717, 1.165) is 11.8 Å². The number of carbonyl (C=O) groups is 2. The Balaban J connectivity index is 2.08. The van der Waals surface area contributed by atoms with E-state index in [2.05, 4.69) is 16.7 Å². The molecule has 2 aromatic rings. The fraction of sp³-hybridized carbons (Fsp3) is 0.208. The molecule has 0 saturated heterocycles. The van der Waals surface area contributed by atoms with Gasteiger partial charge in [-0.3, -0.25) is 9.59 Å². The van der Waals surface area contributed by atoms with Gasteiger partial charge >= 0.3 is 5.97 Å². The van der Waals surface area contributed by atoms with Gasteiger partial charge in [-0.15, -0.1) is 0 Å². The minimum absolute atomic E-state index is 0.00921. The van der Waals surface area contributed by atoms with E-state index in [1.54, 1.807) is 55.5 Å². The number of carbonyl (C=O) groups excluding carboxylic acids is 2. The third-order valence-corrected chi connectivity index (χ3v) is 6.36. The molecule has 0 bridgehead atoms. The third-order valence-electron chi connectivity index (χ3n) is 5.03. The lowest BCUT2D eigenvalue weighted by Gasteiger charge is -2.30. The highest BCUT2D eigenvalue weighted by Gasteiger charge is 2.36. The molecule has 0 aliphatic carbocycles. The van der Waals surface area contributed by atoms with Crippen molar-refractivity contribution in [2.45, 2.75) is 12.8 Å². The molecule has 1 amide bonds. The van der Waals surface area contributed by atoms with E-state index < -0.39 is 17.8 Å². The van der Waals surface area contributed by atoms with Crippen LogP contribution in [0.2, 0.25) is 5.02 Å². The van der Waals surface area contributed by atoms with Crippen molar-refractivity contribution in [3.63, 3.8) is 0 Å². The van der Waals surface area contributed by atoms with Gasteiger partial charge in [-0.05, 0) is 30.7 Å². The SMILES string of the molecule is COC(=O)CSC1=C(C#N)C(c2ccccc2Cl)C(C(=O)Nc2ccccc2OC)=C(C)N1. The molecule has 33 heavy (non-hydrogen) atoms. The number of nitriles is 1. The summed E-state index contributed by atoms with van der Waals surface area (Å²) in [6.07, 6.45) is 0. The van der Waals surface area contributed by atoms with Gasteiger partial charge in [0.1, 0.15) is 5.75 Å². The number of rotatable bonds is 7. The average Bonchev–Trinajstić information content (AvgIpc) is 2.82. The Hall–Kier alpha value is -3.41. The number of para-hydroxylation sites is 2. The van der Waals surface area contributed by atoms with E-state index in [1.165, 1.54) is 14.2 Å². The fourth-order valence-corrected chi connectivity index (χ4v) is 4.64. The van der Waals surface area contributed by atoms with Crippen LogP contribution in [0.3, 0.4) is 0 Å². The highest BCUT2D eigenvalue weighted by molar-refractivity contribution is 8.03. The number of methoxy groups -OCH3 is 2. The number of anilines is 1. The van der Waals surface area contributed by atoms with Gasteiger partial charge in [0.2, 0.25) is 0 Å². The summed E-state index contributed by atoms with van der Waals surface area (Å²) in [6.45, 7) is 1.74. The van der Waals surface area contributed by atoms with Crippen LogP contribution in [0.25, 0.3) is 0 Å². The summed E-state index contributed by atoms with van der Waals surface area (Å²) in [5.41, 5.74) is 2.27. The van der Waals surface area contributed by atoms with Gasteiger partial charge in [0.05, 0.1) is 48.2 Å². The number of benzene rings is 2. The maximum Gasteiger partial charge on any atom is 0.316 e. The van der Waals surface area contributed by atoms with Crippen LogP contribution in [0, 0.1) is 11.3 Å². The van der Waals surface area contributed by atoms with Crippen molar-refractivity contribution >= 4 is 40.9 Å². The standard InChI is InChI=1S/C24H22ClN3O4S/c1-14-21(23(30)28-18-10-6-7-11-19(18)31-2)22(15-8-4-5-9-17(15)25)16(12-26)24(27-14)33-13-20(29)32-3/h4-11,22,27H,13H2,1-3H3,(H,28,30). The van der Waals surface area contributed by atoms with Crippen molar-refractivity contribution in [1.29, 1.82) is 5.26 Å². The number of thioether (sulfide) groups is 1. The van der Waals surface area contributed by atoms with E-state index in [0.29, 0.717) is 38.3 Å².